The first-order valence-corrected chi connectivity index (χ1v) is 6.82. The number of hydrogen-bond donors (Lipinski definition) is 0. The Balaban J connectivity index is 2.53. The number of nitriles is 1. The highest BCUT2D eigenvalue weighted by Gasteiger charge is 2.38. The number of ether oxygens (including phenoxy) is 2. The Morgan fingerprint density at radius 1 is 1.39 bits per heavy atom. The van der Waals surface area contributed by atoms with Crippen LogP contribution in [0.1, 0.15) is 21.8 Å². The van der Waals surface area contributed by atoms with E-state index in [0.717, 1.165) is 13.2 Å². The molecule has 5 nitrogen and oxygen atoms in total. The molecular formula is C15H15F3N2O3. The van der Waals surface area contributed by atoms with Crippen molar-refractivity contribution in [1.29, 1.82) is 5.26 Å². The van der Waals surface area contributed by atoms with E-state index in [1.54, 1.807) is 7.05 Å². The summed E-state index contributed by atoms with van der Waals surface area (Å²) in [5.41, 5.74) is 0.0439. The number of methoxy groups -OCH3 is 1. The topological polar surface area (TPSA) is 62.6 Å². The van der Waals surface area contributed by atoms with E-state index >= 15 is 0 Å². The van der Waals surface area contributed by atoms with Gasteiger partial charge in [0.2, 0.25) is 0 Å². The van der Waals surface area contributed by atoms with Gasteiger partial charge in [-0.05, 0) is 18.7 Å². The van der Waals surface area contributed by atoms with Crippen LogP contribution in [0.5, 0.6) is 5.75 Å². The van der Waals surface area contributed by atoms with Crippen LogP contribution in [0.25, 0.3) is 0 Å². The summed E-state index contributed by atoms with van der Waals surface area (Å²) in [7, 11) is 2.89. The monoisotopic (exact) mass is 328 g/mol. The van der Waals surface area contributed by atoms with Crippen molar-refractivity contribution in [3.8, 4) is 11.8 Å². The van der Waals surface area contributed by atoms with Gasteiger partial charge in [0.05, 0.1) is 19.1 Å². The number of alkyl halides is 3. The van der Waals surface area contributed by atoms with Crippen molar-refractivity contribution in [2.45, 2.75) is 12.3 Å². The minimum absolute atomic E-state index is 0.284. The van der Waals surface area contributed by atoms with Crippen LogP contribution in [-0.4, -0.2) is 44.5 Å². The number of halogens is 3. The predicted octanol–water partition coefficient (Wildman–Crippen LogP) is 2.54. The summed E-state index contributed by atoms with van der Waals surface area (Å²) in [6, 6.07) is 6.10. The number of benzene rings is 1. The molecule has 0 saturated carbocycles. The Bertz CT molecular complexity index is 640. The van der Waals surface area contributed by atoms with Crippen molar-refractivity contribution in [2.75, 3.05) is 27.2 Å². The molecule has 1 fully saturated rings. The molecule has 1 heterocycles. The molecule has 0 aromatic heterocycles. The molecule has 1 saturated heterocycles. The third-order valence-electron chi connectivity index (χ3n) is 3.74. The second-order valence-electron chi connectivity index (χ2n) is 5.32. The molecule has 0 spiro atoms. The number of carbonyl (C=O) groups is 1. The lowest BCUT2D eigenvalue weighted by Crippen LogP contribution is -2.22. The Hall–Kier alpha value is -2.27. The molecule has 124 valence electrons. The third kappa shape index (κ3) is 3.74. The van der Waals surface area contributed by atoms with Gasteiger partial charge in [0.25, 0.3) is 0 Å². The molecule has 1 aromatic carbocycles. The Kier molecular flexibility index (Phi) is 4.80. The maximum absolute atomic E-state index is 12.6. The first-order chi connectivity index (χ1) is 10.8. The summed E-state index contributed by atoms with van der Waals surface area (Å²) in [6.45, 7) is 0.934. The van der Waals surface area contributed by atoms with Gasteiger partial charge in [0.15, 0.2) is 0 Å². The fraction of sp³-hybridized carbons (Fsp3) is 0.467. The van der Waals surface area contributed by atoms with E-state index in [1.165, 1.54) is 12.1 Å². The number of rotatable bonds is 3. The summed E-state index contributed by atoms with van der Waals surface area (Å²) in [5, 5.41) is 9.25. The van der Waals surface area contributed by atoms with Crippen LogP contribution in [0, 0.1) is 17.2 Å². The molecule has 2 rings (SSSR count). The lowest BCUT2D eigenvalue weighted by Gasteiger charge is -2.20. The van der Waals surface area contributed by atoms with Gasteiger partial charge in [0.1, 0.15) is 11.3 Å². The van der Waals surface area contributed by atoms with Crippen molar-refractivity contribution in [1.82, 2.24) is 4.90 Å². The molecule has 0 unspecified atom stereocenters. The highest BCUT2D eigenvalue weighted by Crippen LogP contribution is 2.38. The number of carbonyl (C=O) groups excluding carboxylic acids is 1. The molecule has 1 aromatic rings. The fourth-order valence-electron chi connectivity index (χ4n) is 2.83. The highest BCUT2D eigenvalue weighted by molar-refractivity contribution is 5.94. The van der Waals surface area contributed by atoms with Crippen molar-refractivity contribution in [3.63, 3.8) is 0 Å². The van der Waals surface area contributed by atoms with E-state index in [-0.39, 0.29) is 5.56 Å². The summed E-state index contributed by atoms with van der Waals surface area (Å²) in [5.74, 6) is -2.36. The van der Waals surface area contributed by atoms with Crippen LogP contribution in [0.15, 0.2) is 18.2 Å². The van der Waals surface area contributed by atoms with E-state index in [2.05, 4.69) is 15.5 Å². The summed E-state index contributed by atoms with van der Waals surface area (Å²) in [6.07, 6.45) is -4.93. The molecule has 2 atom stereocenters. The Morgan fingerprint density at radius 2 is 2.09 bits per heavy atom. The van der Waals surface area contributed by atoms with Gasteiger partial charge in [-0.3, -0.25) is 0 Å². The predicted molar refractivity (Wildman–Crippen MR) is 73.8 cm³/mol. The summed E-state index contributed by atoms with van der Waals surface area (Å²) in [4.78, 5) is 13.9. The maximum Gasteiger partial charge on any atom is 0.573 e. The first kappa shape index (κ1) is 17.1. The zero-order chi connectivity index (χ0) is 17.2. The zero-order valence-corrected chi connectivity index (χ0v) is 12.6. The maximum atomic E-state index is 12.6. The zero-order valence-electron chi connectivity index (χ0n) is 12.6. The van der Waals surface area contributed by atoms with Crippen molar-refractivity contribution in [3.05, 3.63) is 29.3 Å². The normalized spacial score (nSPS) is 21.7. The molecule has 8 heteroatoms. The second kappa shape index (κ2) is 6.46. The van der Waals surface area contributed by atoms with Gasteiger partial charge < -0.3 is 14.4 Å². The highest BCUT2D eigenvalue weighted by atomic mass is 19.4. The molecule has 0 radical (unpaired) electrons. The van der Waals surface area contributed by atoms with Crippen LogP contribution in [0.3, 0.4) is 0 Å². The SMILES string of the molecule is COC(=O)c1c(OC(F)(F)F)cccc1[C@H]1CN(C)C[C@@H]1C#N. The lowest BCUT2D eigenvalue weighted by molar-refractivity contribution is -0.274. The minimum Gasteiger partial charge on any atom is -0.465 e. The molecule has 0 N–H and O–H groups in total. The Labute approximate surface area is 131 Å². The first-order valence-electron chi connectivity index (χ1n) is 6.82. The van der Waals surface area contributed by atoms with Crippen LogP contribution in [0.4, 0.5) is 13.2 Å². The van der Waals surface area contributed by atoms with Gasteiger partial charge >= 0.3 is 12.3 Å². The molecule has 0 amide bonds. The van der Waals surface area contributed by atoms with Crippen LogP contribution >= 0.6 is 0 Å². The number of nitrogens with zero attached hydrogens (tertiary/aromatic N) is 2. The van der Waals surface area contributed by atoms with Crippen molar-refractivity contribution >= 4 is 5.97 Å². The van der Waals surface area contributed by atoms with E-state index in [1.807, 2.05) is 4.90 Å². The van der Waals surface area contributed by atoms with Crippen LogP contribution < -0.4 is 4.74 Å². The molecule has 0 aliphatic carbocycles. The van der Waals surface area contributed by atoms with Crippen LogP contribution in [0.2, 0.25) is 0 Å². The van der Waals surface area contributed by atoms with Gasteiger partial charge in [-0.15, -0.1) is 13.2 Å². The average molecular weight is 328 g/mol. The smallest absolute Gasteiger partial charge is 0.465 e. The number of esters is 1. The van der Waals surface area contributed by atoms with E-state index < -0.39 is 29.9 Å². The second-order valence-corrected chi connectivity index (χ2v) is 5.32. The molecule has 0 bridgehead atoms. The van der Waals surface area contributed by atoms with E-state index in [9.17, 15) is 23.2 Å². The quantitative estimate of drug-likeness (QED) is 0.798. The lowest BCUT2D eigenvalue weighted by atomic mass is 9.86. The largest absolute Gasteiger partial charge is 0.573 e. The Morgan fingerprint density at radius 3 is 2.65 bits per heavy atom. The molecule has 1 aliphatic rings. The van der Waals surface area contributed by atoms with Crippen LogP contribution in [-0.2, 0) is 4.74 Å². The fourth-order valence-corrected chi connectivity index (χ4v) is 2.83. The number of hydrogen-bond acceptors (Lipinski definition) is 5. The van der Waals surface area contributed by atoms with Crippen molar-refractivity contribution < 1.29 is 27.4 Å². The molecular weight excluding hydrogens is 313 g/mol. The van der Waals surface area contributed by atoms with Gasteiger partial charge in [-0.2, -0.15) is 5.26 Å². The number of likely N-dealkylation sites (tertiary alicyclic amines) is 1. The third-order valence-corrected chi connectivity index (χ3v) is 3.74. The minimum atomic E-state index is -4.93. The van der Waals surface area contributed by atoms with Gasteiger partial charge in [-0.1, -0.05) is 12.1 Å². The molecule has 23 heavy (non-hydrogen) atoms. The average Bonchev–Trinajstić information content (AvgIpc) is 2.85. The standard InChI is InChI=1S/C15H15F3N2O3/c1-20-7-9(6-19)11(8-20)10-4-3-5-12(23-15(16,17)18)13(10)14(21)22-2/h3-5,9,11H,7-8H2,1-2H3/t9-,11-/m0/s1. The van der Waals surface area contributed by atoms with E-state index in [4.69, 9.17) is 0 Å². The van der Waals surface area contributed by atoms with Gasteiger partial charge in [0, 0.05) is 19.0 Å². The van der Waals surface area contributed by atoms with Crippen molar-refractivity contribution in [2.24, 2.45) is 5.92 Å². The summed E-state index contributed by atoms with van der Waals surface area (Å²) >= 11 is 0. The van der Waals surface area contributed by atoms with Gasteiger partial charge in [-0.25, -0.2) is 4.79 Å². The number of likely N-dealkylation sites (N-methyl/N-ethyl adjacent to an activating group) is 1. The molecule has 1 aliphatic heterocycles. The van der Waals surface area contributed by atoms with E-state index in [0.29, 0.717) is 18.7 Å². The summed E-state index contributed by atoms with van der Waals surface area (Å²) < 4.78 is 46.3.